The molecular weight excluding hydrogens is 316 g/mol. The fourth-order valence-electron chi connectivity index (χ4n) is 1.64. The number of rotatable bonds is 4. The van der Waals surface area contributed by atoms with Gasteiger partial charge in [0.1, 0.15) is 17.4 Å². The number of anilines is 1. The molecule has 0 aromatic heterocycles. The van der Waals surface area contributed by atoms with Gasteiger partial charge in [-0.05, 0) is 39.7 Å². The van der Waals surface area contributed by atoms with E-state index < -0.39 is 11.6 Å². The third-order valence-corrected chi connectivity index (χ3v) is 3.23. The van der Waals surface area contributed by atoms with Crippen LogP contribution < -0.4 is 10.1 Å². The molecule has 0 atom stereocenters. The molecule has 1 N–H and O–H groups in total. The normalized spacial score (nSPS) is 10.3. The molecule has 100 valence electrons. The molecule has 5 heteroatoms. The first kappa shape index (κ1) is 13.8. The number of ether oxygens (including phenoxy) is 1. The average Bonchev–Trinajstić information content (AvgIpc) is 2.41. The van der Waals surface area contributed by atoms with E-state index in [-0.39, 0.29) is 10.2 Å². The minimum Gasteiger partial charge on any atom is -0.497 e. The van der Waals surface area contributed by atoms with E-state index in [9.17, 15) is 8.78 Å². The Bertz CT molecular complexity index is 590. The second-order valence-electron chi connectivity index (χ2n) is 3.95. The molecule has 0 aliphatic heterocycles. The van der Waals surface area contributed by atoms with Crippen LogP contribution in [-0.2, 0) is 6.54 Å². The van der Waals surface area contributed by atoms with Crippen LogP contribution in [0.3, 0.4) is 0 Å². The van der Waals surface area contributed by atoms with Crippen LogP contribution in [0.1, 0.15) is 5.56 Å². The van der Waals surface area contributed by atoms with E-state index in [1.54, 1.807) is 7.11 Å². The second kappa shape index (κ2) is 6.02. The predicted molar refractivity (Wildman–Crippen MR) is 74.4 cm³/mol. The number of nitrogens with one attached hydrogen (secondary N) is 1. The summed E-state index contributed by atoms with van der Waals surface area (Å²) in [6.45, 7) is 0.384. The molecule has 0 radical (unpaired) electrons. The zero-order valence-electron chi connectivity index (χ0n) is 10.2. The molecule has 0 saturated heterocycles. The first-order valence-electron chi connectivity index (χ1n) is 5.61. The summed E-state index contributed by atoms with van der Waals surface area (Å²) in [5, 5.41) is 2.86. The van der Waals surface area contributed by atoms with Crippen LogP contribution in [0.15, 0.2) is 40.9 Å². The van der Waals surface area contributed by atoms with E-state index in [0.717, 1.165) is 23.4 Å². The number of hydrogen-bond acceptors (Lipinski definition) is 2. The van der Waals surface area contributed by atoms with Crippen LogP contribution in [0.4, 0.5) is 14.5 Å². The minimum absolute atomic E-state index is 0.108. The zero-order valence-corrected chi connectivity index (χ0v) is 11.8. The molecular formula is C14H12BrF2NO. The van der Waals surface area contributed by atoms with Crippen molar-refractivity contribution in [3.05, 3.63) is 58.1 Å². The molecule has 0 amide bonds. The lowest BCUT2D eigenvalue weighted by molar-refractivity contribution is 0.414. The van der Waals surface area contributed by atoms with Crippen LogP contribution in [-0.4, -0.2) is 7.11 Å². The maximum Gasteiger partial charge on any atom is 0.147 e. The van der Waals surface area contributed by atoms with Crippen LogP contribution >= 0.6 is 15.9 Å². The van der Waals surface area contributed by atoms with E-state index in [4.69, 9.17) is 4.74 Å². The molecule has 0 bridgehead atoms. The Balaban J connectivity index is 2.12. The monoisotopic (exact) mass is 327 g/mol. The molecule has 2 aromatic rings. The third-order valence-electron chi connectivity index (χ3n) is 2.63. The summed E-state index contributed by atoms with van der Waals surface area (Å²) in [5.41, 5.74) is 1.05. The van der Waals surface area contributed by atoms with Gasteiger partial charge in [0.2, 0.25) is 0 Å². The molecule has 2 rings (SSSR count). The molecule has 2 aromatic carbocycles. The van der Waals surface area contributed by atoms with Gasteiger partial charge in [-0.3, -0.25) is 0 Å². The highest BCUT2D eigenvalue weighted by atomic mass is 79.9. The first-order valence-corrected chi connectivity index (χ1v) is 6.41. The Kier molecular flexibility index (Phi) is 4.37. The summed E-state index contributed by atoms with van der Waals surface area (Å²) < 4.78 is 32.1. The van der Waals surface area contributed by atoms with Gasteiger partial charge in [-0.2, -0.15) is 0 Å². The van der Waals surface area contributed by atoms with Gasteiger partial charge in [0, 0.05) is 12.6 Å². The van der Waals surface area contributed by atoms with Crippen molar-refractivity contribution in [2.45, 2.75) is 6.54 Å². The maximum absolute atomic E-state index is 13.6. The maximum atomic E-state index is 13.6. The van der Waals surface area contributed by atoms with Crippen molar-refractivity contribution < 1.29 is 13.5 Å². The molecule has 0 heterocycles. The molecule has 0 saturated carbocycles. The first-order chi connectivity index (χ1) is 9.10. The standard InChI is InChI=1S/C14H12BrF2NO/c1-19-10-4-2-3-9(5-10)8-18-14-7-12(16)11(15)6-13(14)17/h2-7,18H,8H2,1H3. The highest BCUT2D eigenvalue weighted by molar-refractivity contribution is 9.10. The van der Waals surface area contributed by atoms with E-state index in [1.807, 2.05) is 24.3 Å². The van der Waals surface area contributed by atoms with Crippen LogP contribution in [0, 0.1) is 11.6 Å². The van der Waals surface area contributed by atoms with Crippen LogP contribution in [0.25, 0.3) is 0 Å². The van der Waals surface area contributed by atoms with E-state index in [0.29, 0.717) is 6.54 Å². The number of halogens is 3. The average molecular weight is 328 g/mol. The van der Waals surface area contributed by atoms with Crippen LogP contribution in [0.5, 0.6) is 5.75 Å². The Morgan fingerprint density at radius 2 is 1.95 bits per heavy atom. The number of benzene rings is 2. The quantitative estimate of drug-likeness (QED) is 0.843. The summed E-state index contributed by atoms with van der Waals surface area (Å²) in [6.07, 6.45) is 0. The van der Waals surface area contributed by atoms with Gasteiger partial charge in [-0.25, -0.2) is 8.78 Å². The van der Waals surface area contributed by atoms with Crippen molar-refractivity contribution in [2.24, 2.45) is 0 Å². The molecule has 0 unspecified atom stereocenters. The molecule has 0 aliphatic carbocycles. The van der Waals surface area contributed by atoms with Gasteiger partial charge in [-0.1, -0.05) is 12.1 Å². The summed E-state index contributed by atoms with van der Waals surface area (Å²) in [6, 6.07) is 9.60. The smallest absolute Gasteiger partial charge is 0.147 e. The third kappa shape index (κ3) is 3.44. The SMILES string of the molecule is COc1cccc(CNc2cc(F)c(Br)cc2F)c1. The Morgan fingerprint density at radius 1 is 1.16 bits per heavy atom. The highest BCUT2D eigenvalue weighted by Gasteiger charge is 2.08. The predicted octanol–water partition coefficient (Wildman–Crippen LogP) is 4.35. The van der Waals surface area contributed by atoms with Gasteiger partial charge in [0.05, 0.1) is 17.3 Å². The summed E-state index contributed by atoms with van der Waals surface area (Å²) >= 11 is 2.94. The molecule has 2 nitrogen and oxygen atoms in total. The van der Waals surface area contributed by atoms with Crippen LogP contribution in [0.2, 0.25) is 0 Å². The lowest BCUT2D eigenvalue weighted by Gasteiger charge is -2.09. The van der Waals surface area contributed by atoms with Crippen molar-refractivity contribution in [2.75, 3.05) is 12.4 Å². The van der Waals surface area contributed by atoms with Crippen molar-refractivity contribution in [1.29, 1.82) is 0 Å². The fourth-order valence-corrected chi connectivity index (χ4v) is 1.95. The lowest BCUT2D eigenvalue weighted by Crippen LogP contribution is -2.02. The largest absolute Gasteiger partial charge is 0.497 e. The van der Waals surface area contributed by atoms with Gasteiger partial charge in [-0.15, -0.1) is 0 Å². The fraction of sp³-hybridized carbons (Fsp3) is 0.143. The Hall–Kier alpha value is -1.62. The van der Waals surface area contributed by atoms with Gasteiger partial charge in [0.15, 0.2) is 0 Å². The lowest BCUT2D eigenvalue weighted by atomic mass is 10.2. The summed E-state index contributed by atoms with van der Waals surface area (Å²) in [4.78, 5) is 0. The zero-order chi connectivity index (χ0) is 13.8. The molecule has 0 fully saturated rings. The van der Waals surface area contributed by atoms with E-state index >= 15 is 0 Å². The summed E-state index contributed by atoms with van der Waals surface area (Å²) in [7, 11) is 1.58. The number of hydrogen-bond donors (Lipinski definition) is 1. The molecule has 0 spiro atoms. The minimum atomic E-state index is -0.505. The number of methoxy groups -OCH3 is 1. The van der Waals surface area contributed by atoms with E-state index in [1.165, 1.54) is 0 Å². The molecule has 19 heavy (non-hydrogen) atoms. The van der Waals surface area contributed by atoms with Gasteiger partial charge >= 0.3 is 0 Å². The Morgan fingerprint density at radius 3 is 2.68 bits per heavy atom. The Labute approximate surface area is 118 Å². The van der Waals surface area contributed by atoms with Crippen molar-refractivity contribution >= 4 is 21.6 Å². The second-order valence-corrected chi connectivity index (χ2v) is 4.81. The van der Waals surface area contributed by atoms with Crippen molar-refractivity contribution in [1.82, 2.24) is 0 Å². The highest BCUT2D eigenvalue weighted by Crippen LogP contribution is 2.24. The van der Waals surface area contributed by atoms with E-state index in [2.05, 4.69) is 21.2 Å². The van der Waals surface area contributed by atoms with Crippen molar-refractivity contribution in [3.8, 4) is 5.75 Å². The molecule has 0 aliphatic rings. The van der Waals surface area contributed by atoms with Crippen molar-refractivity contribution in [3.63, 3.8) is 0 Å². The topological polar surface area (TPSA) is 21.3 Å². The van der Waals surface area contributed by atoms with Gasteiger partial charge in [0.25, 0.3) is 0 Å². The summed E-state index contributed by atoms with van der Waals surface area (Å²) in [5.74, 6) is -0.285. The van der Waals surface area contributed by atoms with Gasteiger partial charge < -0.3 is 10.1 Å².